The van der Waals surface area contributed by atoms with Gasteiger partial charge < -0.3 is 24.1 Å². The Labute approximate surface area is 298 Å². The fourth-order valence-corrected chi connectivity index (χ4v) is 5.77. The van der Waals surface area contributed by atoms with Crippen LogP contribution in [0.25, 0.3) is 5.57 Å². The number of ketones is 2. The Morgan fingerprint density at radius 3 is 2.31 bits per heavy atom. The Morgan fingerprint density at radius 2 is 1.67 bits per heavy atom. The van der Waals surface area contributed by atoms with Crippen molar-refractivity contribution in [2.75, 3.05) is 19.8 Å². The van der Waals surface area contributed by atoms with E-state index < -0.39 is 54.0 Å². The Kier molecular flexibility index (Phi) is 14.4. The van der Waals surface area contributed by atoms with Crippen molar-refractivity contribution in [3.05, 3.63) is 113 Å². The fourth-order valence-electron chi connectivity index (χ4n) is 5.77. The lowest BCUT2D eigenvalue weighted by molar-refractivity contribution is -0.158. The molecule has 0 aromatic heterocycles. The van der Waals surface area contributed by atoms with E-state index in [4.69, 9.17) is 18.9 Å². The highest BCUT2D eigenvalue weighted by Crippen LogP contribution is 2.34. The Balaban J connectivity index is 1.45. The molecule has 0 saturated carbocycles. The molecule has 5 unspecified atom stereocenters. The second kappa shape index (κ2) is 18.9. The van der Waals surface area contributed by atoms with Crippen molar-refractivity contribution in [2.45, 2.75) is 71.5 Å². The number of Topliss-reactive ketones (excluding diaryl/α,β-unsaturated/α-hetero) is 1. The Morgan fingerprint density at radius 1 is 0.980 bits per heavy atom. The highest BCUT2D eigenvalue weighted by Gasteiger charge is 2.47. The smallest absolute Gasteiger partial charge is 0.417 e. The topological polar surface area (TPSA) is 146 Å². The van der Waals surface area contributed by atoms with Gasteiger partial charge in [0.25, 0.3) is 0 Å². The number of aryl methyl sites for hydroxylation is 1. The Hall–Kier alpha value is -4.97. The minimum atomic E-state index is -1.62. The van der Waals surface area contributed by atoms with Crippen LogP contribution in [0.1, 0.15) is 62.0 Å². The highest BCUT2D eigenvalue weighted by molar-refractivity contribution is 6.25. The van der Waals surface area contributed by atoms with Crippen molar-refractivity contribution >= 4 is 35.1 Å². The number of hydrogen-bond donors (Lipinski definition) is 1. The summed E-state index contributed by atoms with van der Waals surface area (Å²) in [7, 11) is 0. The van der Waals surface area contributed by atoms with E-state index in [1.54, 1.807) is 49.4 Å². The maximum absolute atomic E-state index is 13.9. The van der Waals surface area contributed by atoms with Crippen LogP contribution in [0, 0.1) is 12.8 Å². The monoisotopic (exact) mass is 699 g/mol. The molecule has 2 amide bonds. The van der Waals surface area contributed by atoms with Gasteiger partial charge in [-0.25, -0.2) is 9.69 Å². The third kappa shape index (κ3) is 10.8. The molecule has 270 valence electrons. The number of esters is 1. The molecule has 1 aliphatic rings. The van der Waals surface area contributed by atoms with Gasteiger partial charge in [-0.3, -0.25) is 19.2 Å². The minimum absolute atomic E-state index is 0.0203. The molecule has 3 aromatic carbocycles. The third-order valence-corrected chi connectivity index (χ3v) is 8.50. The normalized spacial score (nSPS) is 17.7. The maximum atomic E-state index is 13.9. The second-order valence-corrected chi connectivity index (χ2v) is 12.5. The molecule has 3 aromatic rings. The van der Waals surface area contributed by atoms with Gasteiger partial charge in [0.2, 0.25) is 5.91 Å². The van der Waals surface area contributed by atoms with E-state index in [-0.39, 0.29) is 37.6 Å². The summed E-state index contributed by atoms with van der Waals surface area (Å²) in [4.78, 5) is 67.3. The number of amides is 2. The fraction of sp³-hybridized carbons (Fsp3) is 0.375. The molecule has 1 N–H and O–H groups in total. The van der Waals surface area contributed by atoms with E-state index in [0.29, 0.717) is 24.2 Å². The molecule has 0 radical (unpaired) electrons. The van der Waals surface area contributed by atoms with Crippen LogP contribution in [0.2, 0.25) is 0 Å². The van der Waals surface area contributed by atoms with Crippen molar-refractivity contribution < 1.29 is 48.0 Å². The number of benzene rings is 3. The van der Waals surface area contributed by atoms with Crippen molar-refractivity contribution in [1.29, 1.82) is 0 Å². The Bertz CT molecular complexity index is 1690. The van der Waals surface area contributed by atoms with Crippen molar-refractivity contribution in [2.24, 2.45) is 5.92 Å². The summed E-state index contributed by atoms with van der Waals surface area (Å²) in [5, 5.41) is 9.70. The third-order valence-electron chi connectivity index (χ3n) is 8.50. The van der Waals surface area contributed by atoms with E-state index in [2.05, 4.69) is 0 Å². The van der Waals surface area contributed by atoms with Gasteiger partial charge in [-0.1, -0.05) is 90.5 Å². The zero-order valence-corrected chi connectivity index (χ0v) is 29.4. The van der Waals surface area contributed by atoms with Crippen LogP contribution in [-0.4, -0.2) is 77.6 Å². The van der Waals surface area contributed by atoms with Crippen molar-refractivity contribution in [1.82, 2.24) is 4.90 Å². The molecule has 5 atom stereocenters. The summed E-state index contributed by atoms with van der Waals surface area (Å²) in [5.74, 6) is -4.00. The van der Waals surface area contributed by atoms with Crippen LogP contribution in [0.15, 0.2) is 91.0 Å². The van der Waals surface area contributed by atoms with Crippen molar-refractivity contribution in [3.63, 3.8) is 0 Å². The number of imide groups is 1. The summed E-state index contributed by atoms with van der Waals surface area (Å²) in [5.41, 5.74) is 3.08. The average molecular weight is 700 g/mol. The summed E-state index contributed by atoms with van der Waals surface area (Å²) in [6.45, 7) is 6.43. The predicted molar refractivity (Wildman–Crippen MR) is 188 cm³/mol. The molecule has 51 heavy (non-hydrogen) atoms. The molecule has 11 heteroatoms. The zero-order valence-electron chi connectivity index (χ0n) is 29.4. The number of cyclic esters (lactones) is 1. The van der Waals surface area contributed by atoms with Crippen LogP contribution in [0.4, 0.5) is 4.79 Å². The van der Waals surface area contributed by atoms with Gasteiger partial charge in [0.05, 0.1) is 31.8 Å². The number of rotatable bonds is 18. The van der Waals surface area contributed by atoms with Crippen LogP contribution in [-0.2, 0) is 44.7 Å². The number of carbonyl (C=O) groups excluding carboxylic acids is 5. The SMILES string of the molecule is CC(=O)OC(C(=O)C=C(C(=O)CCCOCC(CO)OCc1ccccc1)c1cccc(C)c1)C(C)C(=O)N1C(=O)OC(c2ccccc2)C1C. The largest absolute Gasteiger partial charge is 0.453 e. The van der Waals surface area contributed by atoms with Gasteiger partial charge in [-0.15, -0.1) is 0 Å². The molecule has 0 aliphatic carbocycles. The van der Waals surface area contributed by atoms with E-state index in [0.717, 1.165) is 29.0 Å². The standard InChI is InChI=1S/C40H45NO10/c1-26-13-11-18-32(21-26)34(35(44)19-12-20-48-25-33(23-42)49-24-30-14-7-5-8-15-30)22-36(45)37(50-29(4)43)27(2)39(46)41-28(3)38(51-40(41)47)31-16-9-6-10-17-31/h5-11,13-18,21-22,27-28,33,37-38,42H,12,19-20,23-25H2,1-4H3. The van der Waals surface area contributed by atoms with Gasteiger partial charge in [-0.2, -0.15) is 0 Å². The lowest BCUT2D eigenvalue weighted by Crippen LogP contribution is -2.47. The number of allylic oxidation sites excluding steroid dienone is 1. The molecule has 1 fully saturated rings. The second-order valence-electron chi connectivity index (χ2n) is 12.5. The first-order valence-electron chi connectivity index (χ1n) is 17.0. The van der Waals surface area contributed by atoms with E-state index in [1.165, 1.54) is 6.92 Å². The van der Waals surface area contributed by atoms with Crippen LogP contribution in [0.3, 0.4) is 0 Å². The molecule has 1 saturated heterocycles. The zero-order chi connectivity index (χ0) is 36.9. The minimum Gasteiger partial charge on any atom is -0.453 e. The maximum Gasteiger partial charge on any atom is 0.417 e. The summed E-state index contributed by atoms with van der Waals surface area (Å²) in [6.07, 6.45) is -2.31. The molecular weight excluding hydrogens is 654 g/mol. The van der Waals surface area contributed by atoms with Gasteiger partial charge >= 0.3 is 12.1 Å². The average Bonchev–Trinajstić information content (AvgIpc) is 3.43. The molecule has 1 aliphatic heterocycles. The van der Waals surface area contributed by atoms with Gasteiger partial charge in [0.1, 0.15) is 12.2 Å². The van der Waals surface area contributed by atoms with Gasteiger partial charge in [0, 0.05) is 25.5 Å². The van der Waals surface area contributed by atoms with Crippen molar-refractivity contribution in [3.8, 4) is 0 Å². The molecule has 1 heterocycles. The number of nitrogens with zero attached hydrogens (tertiary/aromatic N) is 1. The number of hydrogen-bond acceptors (Lipinski definition) is 10. The lowest BCUT2D eigenvalue weighted by Gasteiger charge is -2.26. The number of aliphatic hydroxyl groups is 1. The predicted octanol–water partition coefficient (Wildman–Crippen LogP) is 5.57. The highest BCUT2D eigenvalue weighted by atomic mass is 16.6. The van der Waals surface area contributed by atoms with Gasteiger partial charge in [-0.05, 0) is 50.0 Å². The molecule has 11 nitrogen and oxygen atoms in total. The first-order chi connectivity index (χ1) is 24.5. The number of carbonyl (C=O) groups is 5. The van der Waals surface area contributed by atoms with E-state index >= 15 is 0 Å². The first-order valence-corrected chi connectivity index (χ1v) is 17.0. The summed E-state index contributed by atoms with van der Waals surface area (Å²) >= 11 is 0. The molecule has 0 spiro atoms. The summed E-state index contributed by atoms with van der Waals surface area (Å²) < 4.78 is 22.3. The lowest BCUT2D eigenvalue weighted by atomic mass is 9.92. The number of aliphatic hydroxyl groups excluding tert-OH is 1. The summed E-state index contributed by atoms with van der Waals surface area (Å²) in [6, 6.07) is 24.9. The molecule has 0 bridgehead atoms. The first kappa shape index (κ1) is 38.8. The van der Waals surface area contributed by atoms with Crippen LogP contribution >= 0.6 is 0 Å². The number of ether oxygens (including phenoxy) is 4. The van der Waals surface area contributed by atoms with E-state index in [1.807, 2.05) is 49.4 Å². The van der Waals surface area contributed by atoms with Gasteiger partial charge in [0.15, 0.2) is 17.7 Å². The van der Waals surface area contributed by atoms with Crippen LogP contribution in [0.5, 0.6) is 0 Å². The molecule has 4 rings (SSSR count). The van der Waals surface area contributed by atoms with E-state index in [9.17, 15) is 29.1 Å². The van der Waals surface area contributed by atoms with Crippen LogP contribution < -0.4 is 0 Å². The quantitative estimate of drug-likeness (QED) is 0.102. The molecular formula is C40H45NO10.